The Morgan fingerprint density at radius 1 is 1.21 bits per heavy atom. The van der Waals surface area contributed by atoms with E-state index in [1.165, 1.54) is 0 Å². The second-order valence-electron chi connectivity index (χ2n) is 10.6. The van der Waals surface area contributed by atoms with E-state index in [0.29, 0.717) is 62.3 Å². The van der Waals surface area contributed by atoms with Crippen LogP contribution in [-0.4, -0.2) is 80.8 Å². The van der Waals surface area contributed by atoms with Crippen LogP contribution in [0.15, 0.2) is 34.4 Å². The summed E-state index contributed by atoms with van der Waals surface area (Å²) in [7, 11) is -1.79. The minimum atomic E-state index is -3.72. The van der Waals surface area contributed by atoms with Crippen LogP contribution >= 0.6 is 0 Å². The molecule has 3 aliphatic heterocycles. The Hall–Kier alpha value is -2.63. The van der Waals surface area contributed by atoms with E-state index in [0.717, 1.165) is 44.2 Å². The molecule has 0 spiro atoms. The number of hydrogen-bond donors (Lipinski definition) is 3. The highest BCUT2D eigenvalue weighted by molar-refractivity contribution is 7.89. The van der Waals surface area contributed by atoms with Gasteiger partial charge in [-0.3, -0.25) is 15.1 Å². The molecule has 4 N–H and O–H groups in total. The maximum Gasteiger partial charge on any atom is 0.268 e. The molecule has 0 bridgehead atoms. The lowest BCUT2D eigenvalue weighted by molar-refractivity contribution is -0.118. The van der Waals surface area contributed by atoms with Crippen LogP contribution in [0.4, 0.5) is 0 Å². The van der Waals surface area contributed by atoms with Crippen molar-refractivity contribution in [3.05, 3.63) is 35.0 Å². The van der Waals surface area contributed by atoms with Gasteiger partial charge in [-0.15, -0.1) is 0 Å². The molecule has 3 heterocycles. The molecule has 1 fully saturated rings. The molecular formula is C27H42N6O4S. The summed E-state index contributed by atoms with van der Waals surface area (Å²) in [6.45, 7) is 7.80. The molecule has 11 heteroatoms. The molecule has 1 unspecified atom stereocenters. The molecule has 1 aromatic rings. The summed E-state index contributed by atoms with van der Waals surface area (Å²) in [5.74, 6) is 1.02. The van der Waals surface area contributed by atoms with Crippen LogP contribution in [0.2, 0.25) is 0 Å². The first-order valence-electron chi connectivity index (χ1n) is 13.7. The number of sulfonamides is 1. The van der Waals surface area contributed by atoms with Gasteiger partial charge in [0.05, 0.1) is 30.0 Å². The first kappa shape index (κ1) is 28.4. The standard InChI is InChI=1S/C27H42N6O4S/c1-4-12-32-17-22-25(30-27(34)26(22)31(3)18-32)21-16-20(7-8-23(21)37-15-5-2)38(35,36)33-13-10-19(11-14-33)6-9-24(28)29/h7-8,16,19,25H,4-6,9-15,17-18H2,1-3H3,(H3,28,29)(H,30,34). The zero-order chi connectivity index (χ0) is 27.4. The van der Waals surface area contributed by atoms with Gasteiger partial charge in [0.1, 0.15) is 11.4 Å². The number of nitrogens with zero attached hydrogens (tertiary/aromatic N) is 3. The third kappa shape index (κ3) is 6.00. The van der Waals surface area contributed by atoms with Gasteiger partial charge < -0.3 is 20.7 Å². The predicted molar refractivity (Wildman–Crippen MR) is 147 cm³/mol. The number of likely N-dealkylation sites (N-methyl/N-ethyl adjacent to an activating group) is 1. The Bertz CT molecular complexity index is 1180. The van der Waals surface area contributed by atoms with Crippen LogP contribution in [0.5, 0.6) is 5.75 Å². The number of amidine groups is 1. The van der Waals surface area contributed by atoms with Crippen molar-refractivity contribution in [2.24, 2.45) is 11.7 Å². The largest absolute Gasteiger partial charge is 0.493 e. The van der Waals surface area contributed by atoms with Gasteiger partial charge in [-0.1, -0.05) is 13.8 Å². The lowest BCUT2D eigenvalue weighted by Crippen LogP contribution is -2.43. The van der Waals surface area contributed by atoms with Crippen molar-refractivity contribution in [3.8, 4) is 5.75 Å². The molecule has 1 saturated heterocycles. The molecule has 1 aromatic carbocycles. The van der Waals surface area contributed by atoms with E-state index in [1.54, 1.807) is 22.5 Å². The number of benzene rings is 1. The zero-order valence-corrected chi connectivity index (χ0v) is 23.6. The molecule has 1 amide bonds. The predicted octanol–water partition coefficient (Wildman–Crippen LogP) is 2.63. The summed E-state index contributed by atoms with van der Waals surface area (Å²) in [5.41, 5.74) is 7.81. The summed E-state index contributed by atoms with van der Waals surface area (Å²) < 4.78 is 35.0. The van der Waals surface area contributed by atoms with Gasteiger partial charge in [0.15, 0.2) is 0 Å². The Morgan fingerprint density at radius 2 is 1.95 bits per heavy atom. The third-order valence-electron chi connectivity index (χ3n) is 7.66. The molecule has 0 aromatic heterocycles. The number of piperidine rings is 1. The van der Waals surface area contributed by atoms with E-state index in [4.69, 9.17) is 15.9 Å². The normalized spacial score (nSPS) is 21.5. The summed E-state index contributed by atoms with van der Waals surface area (Å²) in [4.78, 5) is 17.5. The first-order chi connectivity index (χ1) is 18.1. The Morgan fingerprint density at radius 3 is 2.61 bits per heavy atom. The van der Waals surface area contributed by atoms with Crippen LogP contribution < -0.4 is 15.8 Å². The Kier molecular flexibility index (Phi) is 9.00. The van der Waals surface area contributed by atoms with E-state index in [2.05, 4.69) is 17.1 Å². The SMILES string of the molecule is CCCOc1ccc(S(=O)(=O)N2CCC(CCC(=N)N)CC2)cc1C1NC(=O)C2=C1CN(CCC)CN2C. The van der Waals surface area contributed by atoms with Crippen LogP contribution in [-0.2, 0) is 14.8 Å². The van der Waals surface area contributed by atoms with E-state index >= 15 is 0 Å². The molecule has 0 aliphatic carbocycles. The van der Waals surface area contributed by atoms with Crippen LogP contribution in [0.3, 0.4) is 0 Å². The van der Waals surface area contributed by atoms with Crippen molar-refractivity contribution in [3.63, 3.8) is 0 Å². The Labute approximate surface area is 226 Å². The van der Waals surface area contributed by atoms with Gasteiger partial charge in [0.25, 0.3) is 5.91 Å². The maximum atomic E-state index is 13.7. The fourth-order valence-electron chi connectivity index (χ4n) is 5.75. The molecule has 1 atom stereocenters. The fraction of sp³-hybridized carbons (Fsp3) is 0.630. The molecule has 3 aliphatic rings. The number of nitrogens with two attached hydrogens (primary N) is 1. The van der Waals surface area contributed by atoms with Crippen molar-refractivity contribution < 1.29 is 17.9 Å². The van der Waals surface area contributed by atoms with Gasteiger partial charge in [-0.2, -0.15) is 4.31 Å². The number of carbonyl (C=O) groups is 1. The van der Waals surface area contributed by atoms with Crippen molar-refractivity contribution in [2.45, 2.75) is 63.3 Å². The number of amides is 1. The van der Waals surface area contributed by atoms with E-state index in [9.17, 15) is 13.2 Å². The number of hydrogen-bond acceptors (Lipinski definition) is 7. The molecule has 0 saturated carbocycles. The number of rotatable bonds is 11. The average molecular weight is 547 g/mol. The van der Waals surface area contributed by atoms with E-state index in [-0.39, 0.29) is 16.6 Å². The van der Waals surface area contributed by atoms with E-state index < -0.39 is 16.1 Å². The zero-order valence-electron chi connectivity index (χ0n) is 22.8. The quantitative estimate of drug-likeness (QED) is 0.287. The van der Waals surface area contributed by atoms with Crippen LogP contribution in [0.1, 0.15) is 64.0 Å². The summed E-state index contributed by atoms with van der Waals surface area (Å²) >= 11 is 0. The number of ether oxygens (including phenoxy) is 1. The number of carbonyl (C=O) groups excluding carboxylic acids is 1. The summed E-state index contributed by atoms with van der Waals surface area (Å²) in [5, 5.41) is 10.6. The topological polar surface area (TPSA) is 132 Å². The van der Waals surface area contributed by atoms with Gasteiger partial charge >= 0.3 is 0 Å². The highest BCUT2D eigenvalue weighted by Crippen LogP contribution is 2.40. The first-order valence-corrected chi connectivity index (χ1v) is 15.2. The van der Waals surface area contributed by atoms with Gasteiger partial charge in [-0.05, 0) is 68.3 Å². The molecule has 38 heavy (non-hydrogen) atoms. The van der Waals surface area contributed by atoms with Crippen molar-refractivity contribution in [2.75, 3.05) is 46.5 Å². The van der Waals surface area contributed by atoms with Crippen LogP contribution in [0, 0.1) is 11.3 Å². The molecule has 0 radical (unpaired) electrons. The second kappa shape index (κ2) is 12.0. The highest BCUT2D eigenvalue weighted by atomic mass is 32.2. The number of nitrogens with one attached hydrogen (secondary N) is 2. The molecule has 210 valence electrons. The minimum Gasteiger partial charge on any atom is -0.493 e. The highest BCUT2D eigenvalue weighted by Gasteiger charge is 2.40. The van der Waals surface area contributed by atoms with Gasteiger partial charge in [-0.25, -0.2) is 8.42 Å². The Balaban J connectivity index is 1.63. The summed E-state index contributed by atoms with van der Waals surface area (Å²) in [6.07, 6.45) is 4.70. The monoisotopic (exact) mass is 546 g/mol. The maximum absolute atomic E-state index is 13.7. The third-order valence-corrected chi connectivity index (χ3v) is 9.55. The molecule has 10 nitrogen and oxygen atoms in total. The van der Waals surface area contributed by atoms with Crippen molar-refractivity contribution in [1.29, 1.82) is 5.41 Å². The van der Waals surface area contributed by atoms with E-state index in [1.807, 2.05) is 18.9 Å². The minimum absolute atomic E-state index is 0.133. The van der Waals surface area contributed by atoms with Crippen molar-refractivity contribution >= 4 is 21.8 Å². The molecule has 4 rings (SSSR count). The van der Waals surface area contributed by atoms with Crippen molar-refractivity contribution in [1.82, 2.24) is 19.4 Å². The smallest absolute Gasteiger partial charge is 0.268 e. The average Bonchev–Trinajstić information content (AvgIpc) is 3.22. The summed E-state index contributed by atoms with van der Waals surface area (Å²) in [6, 6.07) is 4.60. The lowest BCUT2D eigenvalue weighted by atomic mass is 9.93. The van der Waals surface area contributed by atoms with Gasteiger partial charge in [0.2, 0.25) is 10.0 Å². The van der Waals surface area contributed by atoms with Crippen LogP contribution in [0.25, 0.3) is 0 Å². The second-order valence-corrected chi connectivity index (χ2v) is 12.6. The van der Waals surface area contributed by atoms with Gasteiger partial charge in [0, 0.05) is 38.7 Å². The lowest BCUT2D eigenvalue weighted by Gasteiger charge is -2.35. The molecular weight excluding hydrogens is 504 g/mol. The fourth-order valence-corrected chi connectivity index (χ4v) is 7.26.